The molecule has 1 aliphatic heterocycles. The largest absolute Gasteiger partial charge is 0.484 e. The van der Waals surface area contributed by atoms with Gasteiger partial charge in [0, 0.05) is 42.7 Å². The molecular weight excluding hydrogens is 338 g/mol. The van der Waals surface area contributed by atoms with E-state index in [0.29, 0.717) is 23.2 Å². The Morgan fingerprint density at radius 2 is 1.84 bits per heavy atom. The van der Waals surface area contributed by atoms with Crippen LogP contribution in [0.25, 0.3) is 0 Å². The Morgan fingerprint density at radius 3 is 2.52 bits per heavy atom. The summed E-state index contributed by atoms with van der Waals surface area (Å²) >= 11 is 5.82. The summed E-state index contributed by atoms with van der Waals surface area (Å²) in [4.78, 5) is 18.4. The fourth-order valence-electron chi connectivity index (χ4n) is 2.94. The Kier molecular flexibility index (Phi) is 6.12. The summed E-state index contributed by atoms with van der Waals surface area (Å²) in [5.41, 5.74) is 1.22. The van der Waals surface area contributed by atoms with E-state index in [0.717, 1.165) is 25.9 Å². The van der Waals surface area contributed by atoms with E-state index in [1.165, 1.54) is 5.69 Å². The van der Waals surface area contributed by atoms with Crippen LogP contribution in [0.5, 0.6) is 5.75 Å². The highest BCUT2D eigenvalue weighted by Gasteiger charge is 2.19. The molecule has 25 heavy (non-hydrogen) atoms. The van der Waals surface area contributed by atoms with Gasteiger partial charge in [0.05, 0.1) is 0 Å². The van der Waals surface area contributed by atoms with Crippen molar-refractivity contribution in [3.63, 3.8) is 0 Å². The van der Waals surface area contributed by atoms with Crippen molar-refractivity contribution in [2.75, 3.05) is 31.1 Å². The number of nitrogens with zero attached hydrogens (tertiary/aromatic N) is 2. The number of aromatic nitrogens is 1. The van der Waals surface area contributed by atoms with Crippen molar-refractivity contribution in [3.8, 4) is 5.75 Å². The van der Waals surface area contributed by atoms with Gasteiger partial charge in [0.15, 0.2) is 6.61 Å². The molecule has 1 saturated heterocycles. The Balaban J connectivity index is 1.35. The third-order valence-electron chi connectivity index (χ3n) is 4.41. The number of amides is 1. The van der Waals surface area contributed by atoms with Crippen LogP contribution in [0, 0.1) is 5.92 Å². The van der Waals surface area contributed by atoms with Gasteiger partial charge >= 0.3 is 0 Å². The summed E-state index contributed by atoms with van der Waals surface area (Å²) in [6.45, 7) is 2.74. The number of nitrogens with one attached hydrogen (secondary N) is 1. The van der Waals surface area contributed by atoms with Gasteiger partial charge in [0.25, 0.3) is 5.91 Å². The molecule has 132 valence electrons. The molecule has 1 amide bonds. The summed E-state index contributed by atoms with van der Waals surface area (Å²) in [5, 5.41) is 3.62. The molecule has 6 heteroatoms. The first-order chi connectivity index (χ1) is 12.2. The molecule has 0 saturated carbocycles. The Bertz CT molecular complexity index is 671. The minimum Gasteiger partial charge on any atom is -0.484 e. The second-order valence-corrected chi connectivity index (χ2v) is 6.62. The lowest BCUT2D eigenvalue weighted by molar-refractivity contribution is -0.123. The Hall–Kier alpha value is -2.27. The first-order valence-electron chi connectivity index (χ1n) is 8.51. The molecule has 1 aromatic heterocycles. The minimum atomic E-state index is -0.0912. The van der Waals surface area contributed by atoms with E-state index in [1.54, 1.807) is 24.3 Å². The minimum absolute atomic E-state index is 0.0253. The van der Waals surface area contributed by atoms with Crippen molar-refractivity contribution < 1.29 is 9.53 Å². The summed E-state index contributed by atoms with van der Waals surface area (Å²) in [6, 6.07) is 11.1. The van der Waals surface area contributed by atoms with Crippen LogP contribution in [0.15, 0.2) is 48.8 Å². The highest BCUT2D eigenvalue weighted by molar-refractivity contribution is 6.30. The zero-order chi connectivity index (χ0) is 17.5. The van der Waals surface area contributed by atoms with Crippen molar-refractivity contribution in [2.45, 2.75) is 12.8 Å². The number of pyridine rings is 1. The molecule has 0 aliphatic carbocycles. The number of anilines is 1. The highest BCUT2D eigenvalue weighted by atomic mass is 35.5. The lowest BCUT2D eigenvalue weighted by Crippen LogP contribution is -2.39. The second-order valence-electron chi connectivity index (χ2n) is 6.18. The smallest absolute Gasteiger partial charge is 0.257 e. The number of piperidine rings is 1. The number of ether oxygens (including phenoxy) is 1. The summed E-state index contributed by atoms with van der Waals surface area (Å²) in [5.74, 6) is 1.06. The number of hydrogen-bond donors (Lipinski definition) is 1. The third-order valence-corrected chi connectivity index (χ3v) is 4.67. The molecule has 0 radical (unpaired) electrons. The lowest BCUT2D eigenvalue weighted by Gasteiger charge is -2.33. The predicted octanol–water partition coefficient (Wildman–Crippen LogP) is 3.15. The molecule has 0 bridgehead atoms. The molecule has 5 nitrogen and oxygen atoms in total. The summed E-state index contributed by atoms with van der Waals surface area (Å²) in [6.07, 6.45) is 5.78. The van der Waals surface area contributed by atoms with Crippen molar-refractivity contribution in [3.05, 3.63) is 53.8 Å². The van der Waals surface area contributed by atoms with E-state index >= 15 is 0 Å². The molecule has 2 aromatic rings. The fourth-order valence-corrected chi connectivity index (χ4v) is 3.07. The van der Waals surface area contributed by atoms with Crippen molar-refractivity contribution in [2.24, 2.45) is 5.92 Å². The van der Waals surface area contributed by atoms with Crippen LogP contribution in [-0.4, -0.2) is 37.1 Å². The highest BCUT2D eigenvalue weighted by Crippen LogP contribution is 2.22. The SMILES string of the molecule is O=C(COc1ccc(Cl)cc1)NCC1CCN(c2ccncc2)CC1. The van der Waals surface area contributed by atoms with Crippen LogP contribution in [0.2, 0.25) is 5.02 Å². The van der Waals surface area contributed by atoms with E-state index < -0.39 is 0 Å². The van der Waals surface area contributed by atoms with E-state index in [-0.39, 0.29) is 12.5 Å². The van der Waals surface area contributed by atoms with Crippen LogP contribution < -0.4 is 15.0 Å². The van der Waals surface area contributed by atoms with E-state index in [9.17, 15) is 4.79 Å². The molecule has 0 unspecified atom stereocenters. The lowest BCUT2D eigenvalue weighted by atomic mass is 9.96. The van der Waals surface area contributed by atoms with E-state index in [2.05, 4.69) is 15.2 Å². The quantitative estimate of drug-likeness (QED) is 0.860. The van der Waals surface area contributed by atoms with Gasteiger partial charge in [-0.2, -0.15) is 0 Å². The maximum Gasteiger partial charge on any atom is 0.257 e. The fraction of sp³-hybridized carbons (Fsp3) is 0.368. The van der Waals surface area contributed by atoms with E-state index in [4.69, 9.17) is 16.3 Å². The van der Waals surface area contributed by atoms with Gasteiger partial charge in [-0.3, -0.25) is 9.78 Å². The van der Waals surface area contributed by atoms with Crippen molar-refractivity contribution in [1.29, 1.82) is 0 Å². The molecule has 3 rings (SSSR count). The zero-order valence-corrected chi connectivity index (χ0v) is 14.8. The van der Waals surface area contributed by atoms with Crippen LogP contribution in [0.1, 0.15) is 12.8 Å². The van der Waals surface area contributed by atoms with Crippen LogP contribution >= 0.6 is 11.6 Å². The standard InChI is InChI=1S/C19H22ClN3O2/c20-16-1-3-18(4-2-16)25-14-19(24)22-13-15-7-11-23(12-8-15)17-5-9-21-10-6-17/h1-6,9-10,15H,7-8,11-14H2,(H,22,24). The topological polar surface area (TPSA) is 54.5 Å². The van der Waals surface area contributed by atoms with Gasteiger partial charge in [0.2, 0.25) is 0 Å². The number of carbonyl (C=O) groups is 1. The number of benzene rings is 1. The molecule has 1 aromatic carbocycles. The number of hydrogen-bond acceptors (Lipinski definition) is 4. The second kappa shape index (κ2) is 8.72. The maximum atomic E-state index is 11.9. The molecule has 1 N–H and O–H groups in total. The number of carbonyl (C=O) groups excluding carboxylic acids is 1. The molecule has 1 aliphatic rings. The average molecular weight is 360 g/mol. The van der Waals surface area contributed by atoms with Gasteiger partial charge in [-0.15, -0.1) is 0 Å². The van der Waals surface area contributed by atoms with Crippen LogP contribution in [-0.2, 0) is 4.79 Å². The predicted molar refractivity (Wildman–Crippen MR) is 99.1 cm³/mol. The Morgan fingerprint density at radius 1 is 1.16 bits per heavy atom. The van der Waals surface area contributed by atoms with Gasteiger partial charge < -0.3 is 15.0 Å². The van der Waals surface area contributed by atoms with Gasteiger partial charge in [-0.25, -0.2) is 0 Å². The van der Waals surface area contributed by atoms with Crippen LogP contribution in [0.3, 0.4) is 0 Å². The van der Waals surface area contributed by atoms with Crippen molar-refractivity contribution >= 4 is 23.2 Å². The molecule has 0 spiro atoms. The summed E-state index contributed by atoms with van der Waals surface area (Å²) in [7, 11) is 0. The van der Waals surface area contributed by atoms with Crippen LogP contribution in [0.4, 0.5) is 5.69 Å². The monoisotopic (exact) mass is 359 g/mol. The summed E-state index contributed by atoms with van der Waals surface area (Å²) < 4.78 is 5.45. The van der Waals surface area contributed by atoms with Gasteiger partial charge in [-0.05, 0) is 55.2 Å². The van der Waals surface area contributed by atoms with E-state index in [1.807, 2.05) is 24.5 Å². The van der Waals surface area contributed by atoms with Gasteiger partial charge in [-0.1, -0.05) is 11.6 Å². The molecule has 0 atom stereocenters. The number of rotatable bonds is 6. The molecule has 2 heterocycles. The van der Waals surface area contributed by atoms with Crippen molar-refractivity contribution in [1.82, 2.24) is 10.3 Å². The average Bonchev–Trinajstić information content (AvgIpc) is 2.67. The van der Waals surface area contributed by atoms with Gasteiger partial charge in [0.1, 0.15) is 5.75 Å². The number of halogens is 1. The third kappa shape index (κ3) is 5.36. The first-order valence-corrected chi connectivity index (χ1v) is 8.88. The molecule has 1 fully saturated rings. The first kappa shape index (κ1) is 17.5. The Labute approximate surface area is 153 Å². The molecular formula is C19H22ClN3O2. The normalized spacial score (nSPS) is 15.0. The zero-order valence-electron chi connectivity index (χ0n) is 14.0. The maximum absolute atomic E-state index is 11.9.